The molecule has 0 spiro atoms. The number of aliphatic hydroxyl groups excluding tert-OH is 1. The quantitative estimate of drug-likeness (QED) is 0.345. The minimum atomic E-state index is -1.01. The summed E-state index contributed by atoms with van der Waals surface area (Å²) in [6, 6.07) is 11.9. The lowest BCUT2D eigenvalue weighted by Crippen LogP contribution is -2.45. The number of para-hydroxylation sites is 1. The third kappa shape index (κ3) is 5.60. The Labute approximate surface area is 203 Å². The average molecular weight is 485 g/mol. The van der Waals surface area contributed by atoms with E-state index in [-0.39, 0.29) is 11.5 Å². The number of benzene rings is 1. The van der Waals surface area contributed by atoms with Gasteiger partial charge in [-0.1, -0.05) is 31.5 Å². The minimum absolute atomic E-state index is 0.162. The summed E-state index contributed by atoms with van der Waals surface area (Å²) in [5, 5.41) is 24.0. The standard InChI is InChI=1S/C25H32N4O4S/c1-2-6-16-13-20(28-24-21(16)22(26)23(34-24)25(31)32)29-11-9-17(10-12-29)27-14-18(30)15-33-19-7-4-3-5-8-19/h3-5,7-8,13,17-18,27,30H,2,6,9-12,14-15,26H2,1H3,(H,31,32). The molecule has 1 aromatic carbocycles. The second kappa shape index (κ2) is 11.0. The van der Waals surface area contributed by atoms with E-state index in [0.717, 1.165) is 72.6 Å². The zero-order valence-electron chi connectivity index (χ0n) is 19.4. The normalized spacial score (nSPS) is 15.5. The Hall–Kier alpha value is -2.88. The van der Waals surface area contributed by atoms with Crippen molar-refractivity contribution in [1.82, 2.24) is 10.3 Å². The predicted octanol–water partition coefficient (Wildman–Crippen LogP) is 3.53. The van der Waals surface area contributed by atoms with Gasteiger partial charge >= 0.3 is 5.97 Å². The number of hydrogen-bond acceptors (Lipinski definition) is 8. The fraction of sp³-hybridized carbons (Fsp3) is 0.440. The second-order valence-electron chi connectivity index (χ2n) is 8.67. The van der Waals surface area contributed by atoms with E-state index in [9.17, 15) is 15.0 Å². The van der Waals surface area contributed by atoms with Gasteiger partial charge in [0.15, 0.2) is 0 Å². The molecule has 0 saturated carbocycles. The van der Waals surface area contributed by atoms with Crippen LogP contribution in [0.1, 0.15) is 41.4 Å². The topological polar surface area (TPSA) is 121 Å². The van der Waals surface area contributed by atoms with Gasteiger partial charge in [0.2, 0.25) is 0 Å². The molecule has 3 heterocycles. The van der Waals surface area contributed by atoms with Crippen LogP contribution >= 0.6 is 11.3 Å². The van der Waals surface area contributed by atoms with Crippen molar-refractivity contribution in [1.29, 1.82) is 0 Å². The van der Waals surface area contributed by atoms with Crippen LogP contribution in [0, 0.1) is 0 Å². The summed E-state index contributed by atoms with van der Waals surface area (Å²) in [6.07, 6.45) is 3.06. The molecule has 1 unspecified atom stereocenters. The van der Waals surface area contributed by atoms with Gasteiger partial charge in [0.25, 0.3) is 0 Å². The van der Waals surface area contributed by atoms with Crippen LogP contribution in [-0.2, 0) is 6.42 Å². The lowest BCUT2D eigenvalue weighted by atomic mass is 10.0. The number of thiophene rings is 1. The number of nitrogens with two attached hydrogens (primary N) is 1. The first kappa shape index (κ1) is 24.3. The van der Waals surface area contributed by atoms with E-state index in [4.69, 9.17) is 15.5 Å². The number of fused-ring (bicyclic) bond motifs is 1. The number of aromatic nitrogens is 1. The maximum absolute atomic E-state index is 11.6. The monoisotopic (exact) mass is 484 g/mol. The minimum Gasteiger partial charge on any atom is -0.491 e. The van der Waals surface area contributed by atoms with Crippen molar-refractivity contribution in [3.63, 3.8) is 0 Å². The van der Waals surface area contributed by atoms with Gasteiger partial charge in [-0.3, -0.25) is 0 Å². The van der Waals surface area contributed by atoms with Crippen LogP contribution in [0.5, 0.6) is 5.75 Å². The molecule has 1 fully saturated rings. The molecular formula is C25H32N4O4S. The third-order valence-electron chi connectivity index (χ3n) is 6.13. The van der Waals surface area contributed by atoms with E-state index in [1.54, 1.807) is 0 Å². The number of anilines is 2. The van der Waals surface area contributed by atoms with Crippen LogP contribution in [0.4, 0.5) is 11.5 Å². The number of carbonyl (C=O) groups is 1. The molecule has 182 valence electrons. The molecule has 1 aliphatic rings. The number of carboxylic acid groups (broad SMARTS) is 1. The van der Waals surface area contributed by atoms with Crippen molar-refractivity contribution < 1.29 is 19.7 Å². The Morgan fingerprint density at radius 1 is 1.32 bits per heavy atom. The Bertz CT molecular complexity index is 1110. The summed E-state index contributed by atoms with van der Waals surface area (Å²) in [4.78, 5) is 19.5. The molecule has 4 rings (SSSR count). The van der Waals surface area contributed by atoms with Gasteiger partial charge in [-0.25, -0.2) is 9.78 Å². The van der Waals surface area contributed by atoms with Crippen LogP contribution in [0.3, 0.4) is 0 Å². The molecule has 3 aromatic rings. The van der Waals surface area contributed by atoms with Crippen molar-refractivity contribution in [2.45, 2.75) is 44.8 Å². The Morgan fingerprint density at radius 2 is 2.06 bits per heavy atom. The molecule has 1 aliphatic heterocycles. The lowest BCUT2D eigenvalue weighted by Gasteiger charge is -2.34. The Morgan fingerprint density at radius 3 is 2.74 bits per heavy atom. The molecular weight excluding hydrogens is 452 g/mol. The number of aryl methyl sites for hydroxylation is 1. The van der Waals surface area contributed by atoms with Crippen LogP contribution in [0.25, 0.3) is 10.2 Å². The van der Waals surface area contributed by atoms with Crippen molar-refractivity contribution in [2.75, 3.05) is 36.9 Å². The highest BCUT2D eigenvalue weighted by Gasteiger charge is 2.24. The van der Waals surface area contributed by atoms with Gasteiger partial charge in [-0.2, -0.15) is 0 Å². The number of aliphatic hydroxyl groups is 1. The summed E-state index contributed by atoms with van der Waals surface area (Å²) < 4.78 is 5.62. The first-order chi connectivity index (χ1) is 16.5. The zero-order valence-corrected chi connectivity index (χ0v) is 20.2. The first-order valence-electron chi connectivity index (χ1n) is 11.8. The van der Waals surface area contributed by atoms with E-state index in [1.807, 2.05) is 30.3 Å². The first-order valence-corrected chi connectivity index (χ1v) is 12.6. The van der Waals surface area contributed by atoms with E-state index < -0.39 is 12.1 Å². The molecule has 0 aliphatic carbocycles. The molecule has 0 amide bonds. The van der Waals surface area contributed by atoms with Crippen LogP contribution in [0.15, 0.2) is 36.4 Å². The molecule has 9 heteroatoms. The van der Waals surface area contributed by atoms with Crippen LogP contribution in [0.2, 0.25) is 0 Å². The molecule has 34 heavy (non-hydrogen) atoms. The fourth-order valence-electron chi connectivity index (χ4n) is 4.36. The number of piperidine rings is 1. The fourth-order valence-corrected chi connectivity index (χ4v) is 5.33. The predicted molar refractivity (Wildman–Crippen MR) is 136 cm³/mol. The molecule has 0 bridgehead atoms. The summed E-state index contributed by atoms with van der Waals surface area (Å²) in [5.41, 5.74) is 7.56. The maximum Gasteiger partial charge on any atom is 0.348 e. The van der Waals surface area contributed by atoms with Gasteiger partial charge < -0.3 is 30.9 Å². The number of nitrogen functional groups attached to an aromatic ring is 1. The van der Waals surface area contributed by atoms with E-state index in [2.05, 4.69) is 23.2 Å². The Kier molecular flexibility index (Phi) is 7.87. The van der Waals surface area contributed by atoms with Crippen molar-refractivity contribution >= 4 is 39.0 Å². The van der Waals surface area contributed by atoms with Crippen molar-refractivity contribution in [3.05, 3.63) is 46.8 Å². The summed E-state index contributed by atoms with van der Waals surface area (Å²) in [7, 11) is 0. The van der Waals surface area contributed by atoms with E-state index >= 15 is 0 Å². The smallest absolute Gasteiger partial charge is 0.348 e. The van der Waals surface area contributed by atoms with E-state index in [0.29, 0.717) is 23.1 Å². The highest BCUT2D eigenvalue weighted by Crippen LogP contribution is 2.37. The molecule has 1 saturated heterocycles. The number of pyridine rings is 1. The molecule has 2 aromatic heterocycles. The molecule has 5 N–H and O–H groups in total. The summed E-state index contributed by atoms with van der Waals surface area (Å²) in [6.45, 7) is 4.51. The second-order valence-corrected chi connectivity index (χ2v) is 9.67. The summed E-state index contributed by atoms with van der Waals surface area (Å²) >= 11 is 1.15. The van der Waals surface area contributed by atoms with Gasteiger partial charge in [0.1, 0.15) is 34.0 Å². The van der Waals surface area contributed by atoms with Gasteiger partial charge in [0.05, 0.1) is 5.69 Å². The SMILES string of the molecule is CCCc1cc(N2CCC(NCC(O)COc3ccccc3)CC2)nc2sc(C(=O)O)c(N)c12. The third-order valence-corrected chi connectivity index (χ3v) is 7.21. The number of carboxylic acids is 1. The maximum atomic E-state index is 11.6. The lowest BCUT2D eigenvalue weighted by molar-refractivity contribution is 0.0703. The van der Waals surface area contributed by atoms with Crippen LogP contribution < -0.4 is 20.7 Å². The Balaban J connectivity index is 1.34. The number of rotatable bonds is 10. The van der Waals surface area contributed by atoms with Crippen molar-refractivity contribution in [3.8, 4) is 5.75 Å². The number of hydrogen-bond donors (Lipinski definition) is 4. The number of ether oxygens (including phenoxy) is 1. The van der Waals surface area contributed by atoms with E-state index in [1.165, 1.54) is 0 Å². The van der Waals surface area contributed by atoms with Gasteiger partial charge in [-0.15, -0.1) is 11.3 Å². The number of aromatic carboxylic acids is 1. The van der Waals surface area contributed by atoms with Crippen molar-refractivity contribution in [2.24, 2.45) is 0 Å². The number of nitrogens with one attached hydrogen (secondary N) is 1. The summed E-state index contributed by atoms with van der Waals surface area (Å²) in [5.74, 6) is 0.626. The van der Waals surface area contributed by atoms with Gasteiger partial charge in [-0.05, 0) is 43.0 Å². The molecule has 1 atom stereocenters. The highest BCUT2D eigenvalue weighted by molar-refractivity contribution is 7.21. The molecule has 8 nitrogen and oxygen atoms in total. The molecule has 0 radical (unpaired) electrons. The average Bonchev–Trinajstić information content (AvgIpc) is 3.19. The largest absolute Gasteiger partial charge is 0.491 e. The number of nitrogens with zero attached hydrogens (tertiary/aromatic N) is 2. The van der Waals surface area contributed by atoms with Gasteiger partial charge in [0, 0.05) is 31.1 Å². The highest BCUT2D eigenvalue weighted by atomic mass is 32.1. The zero-order chi connectivity index (χ0) is 24.1. The van der Waals surface area contributed by atoms with Crippen LogP contribution in [-0.4, -0.2) is 59.6 Å².